The van der Waals surface area contributed by atoms with Gasteiger partial charge >= 0.3 is 0 Å². The topological polar surface area (TPSA) is 9.23 Å². The SMILES string of the molecule is COc1c([Si](C)(C)C)cc(C)cc1[Si](C)(C)C1=C([Si](C)(C)C(C)(C)C)C=CC1. The first-order valence-corrected chi connectivity index (χ1v) is 20.2. The van der Waals surface area contributed by atoms with Crippen LogP contribution in [0.15, 0.2) is 34.7 Å². The summed E-state index contributed by atoms with van der Waals surface area (Å²) in [4.78, 5) is 0. The molecule has 0 saturated heterocycles. The summed E-state index contributed by atoms with van der Waals surface area (Å²) in [5, 5.41) is 6.78. The third kappa shape index (κ3) is 4.05. The molecule has 0 radical (unpaired) electrons. The fraction of sp³-hybridized carbons (Fsp3) is 0.583. The van der Waals surface area contributed by atoms with Gasteiger partial charge in [0.25, 0.3) is 0 Å². The van der Waals surface area contributed by atoms with Gasteiger partial charge in [0.15, 0.2) is 0 Å². The first-order chi connectivity index (χ1) is 12.5. The van der Waals surface area contributed by atoms with Crippen molar-refractivity contribution in [2.45, 2.75) is 85.0 Å². The molecule has 0 heterocycles. The van der Waals surface area contributed by atoms with Crippen LogP contribution in [0.4, 0.5) is 0 Å². The van der Waals surface area contributed by atoms with Gasteiger partial charge in [0.05, 0.1) is 23.3 Å². The Bertz CT molecular complexity index is 815. The zero-order chi connectivity index (χ0) is 21.7. The van der Waals surface area contributed by atoms with Crippen molar-refractivity contribution in [3.63, 3.8) is 0 Å². The normalized spacial score (nSPS) is 16.1. The number of ether oxygens (including phenoxy) is 1. The van der Waals surface area contributed by atoms with E-state index in [4.69, 9.17) is 4.74 Å². The van der Waals surface area contributed by atoms with Crippen molar-refractivity contribution in [1.82, 2.24) is 0 Å². The van der Waals surface area contributed by atoms with Gasteiger partial charge in [-0.15, -0.1) is 0 Å². The van der Waals surface area contributed by atoms with E-state index in [1.807, 2.05) is 7.11 Å². The average Bonchev–Trinajstić information content (AvgIpc) is 3.03. The summed E-state index contributed by atoms with van der Waals surface area (Å²) in [7, 11) is -3.05. The predicted octanol–water partition coefficient (Wildman–Crippen LogP) is 6.31. The minimum Gasteiger partial charge on any atom is -0.497 e. The molecule has 0 N–H and O–H groups in total. The van der Waals surface area contributed by atoms with Gasteiger partial charge in [-0.3, -0.25) is 0 Å². The Hall–Kier alpha value is -0.849. The highest BCUT2D eigenvalue weighted by atomic mass is 28.3. The van der Waals surface area contributed by atoms with Crippen LogP contribution in [-0.2, 0) is 0 Å². The van der Waals surface area contributed by atoms with E-state index in [2.05, 4.69) is 97.8 Å². The molecule has 0 saturated carbocycles. The second-order valence-electron chi connectivity index (χ2n) is 11.6. The van der Waals surface area contributed by atoms with Gasteiger partial charge in [0.1, 0.15) is 13.8 Å². The maximum atomic E-state index is 6.13. The maximum absolute atomic E-state index is 6.13. The predicted molar refractivity (Wildman–Crippen MR) is 136 cm³/mol. The van der Waals surface area contributed by atoms with E-state index in [-0.39, 0.29) is 0 Å². The lowest BCUT2D eigenvalue weighted by atomic mass is 10.2. The zero-order valence-corrected chi connectivity index (χ0v) is 23.4. The summed E-state index contributed by atoms with van der Waals surface area (Å²) in [6, 6.07) is 4.82. The largest absolute Gasteiger partial charge is 0.497 e. The molecule has 0 bridgehead atoms. The Morgan fingerprint density at radius 1 is 0.893 bits per heavy atom. The highest BCUT2D eigenvalue weighted by Crippen LogP contribution is 2.45. The number of methoxy groups -OCH3 is 1. The van der Waals surface area contributed by atoms with Crippen molar-refractivity contribution < 1.29 is 4.74 Å². The Morgan fingerprint density at radius 3 is 1.89 bits per heavy atom. The van der Waals surface area contributed by atoms with Crippen LogP contribution in [0.2, 0.25) is 50.9 Å². The molecular formula is C24H42OSi3. The molecule has 1 aromatic rings. The third-order valence-electron chi connectivity index (χ3n) is 7.15. The highest BCUT2D eigenvalue weighted by molar-refractivity contribution is 7.00. The second kappa shape index (κ2) is 7.44. The van der Waals surface area contributed by atoms with E-state index in [9.17, 15) is 0 Å². The van der Waals surface area contributed by atoms with Gasteiger partial charge in [-0.2, -0.15) is 0 Å². The molecule has 1 aromatic carbocycles. The summed E-state index contributed by atoms with van der Waals surface area (Å²) in [6.07, 6.45) is 6.02. The molecule has 0 unspecified atom stereocenters. The molecule has 156 valence electrons. The lowest BCUT2D eigenvalue weighted by Crippen LogP contribution is -2.51. The monoisotopic (exact) mass is 430 g/mol. The first kappa shape index (κ1) is 23.4. The van der Waals surface area contributed by atoms with Crippen LogP contribution >= 0.6 is 0 Å². The molecule has 4 heteroatoms. The van der Waals surface area contributed by atoms with Gasteiger partial charge in [-0.25, -0.2) is 0 Å². The molecule has 1 aliphatic rings. The van der Waals surface area contributed by atoms with Crippen molar-refractivity contribution in [3.05, 3.63) is 40.2 Å². The average molecular weight is 431 g/mol. The summed E-state index contributed by atoms with van der Waals surface area (Å²) >= 11 is 0. The van der Waals surface area contributed by atoms with Crippen LogP contribution in [0, 0.1) is 6.92 Å². The van der Waals surface area contributed by atoms with E-state index in [1.54, 1.807) is 10.4 Å². The van der Waals surface area contributed by atoms with Gasteiger partial charge in [0, 0.05) is 0 Å². The second-order valence-corrected chi connectivity index (χ2v) is 26.4. The van der Waals surface area contributed by atoms with Crippen LogP contribution in [0.1, 0.15) is 32.8 Å². The van der Waals surface area contributed by atoms with E-state index in [0.717, 1.165) is 6.42 Å². The van der Waals surface area contributed by atoms with Crippen LogP contribution in [0.3, 0.4) is 0 Å². The van der Waals surface area contributed by atoms with Crippen LogP contribution in [0.25, 0.3) is 0 Å². The molecule has 1 aliphatic carbocycles. The quantitative estimate of drug-likeness (QED) is 0.497. The van der Waals surface area contributed by atoms with E-state index < -0.39 is 24.2 Å². The van der Waals surface area contributed by atoms with Gasteiger partial charge < -0.3 is 4.74 Å². The molecule has 0 fully saturated rings. The number of benzene rings is 1. The fourth-order valence-electron chi connectivity index (χ4n) is 4.26. The number of aryl methyl sites for hydroxylation is 1. The van der Waals surface area contributed by atoms with Crippen LogP contribution < -0.4 is 15.1 Å². The number of hydrogen-bond acceptors (Lipinski definition) is 1. The molecule has 2 rings (SSSR count). The van der Waals surface area contributed by atoms with Gasteiger partial charge in [0.2, 0.25) is 0 Å². The van der Waals surface area contributed by atoms with Crippen LogP contribution in [0.5, 0.6) is 5.75 Å². The van der Waals surface area contributed by atoms with E-state index in [1.165, 1.54) is 21.7 Å². The summed E-state index contributed by atoms with van der Waals surface area (Å²) in [5.41, 5.74) is 1.38. The molecular weight excluding hydrogens is 389 g/mol. The summed E-state index contributed by atoms with van der Waals surface area (Å²) in [6.45, 7) is 27.1. The van der Waals surface area contributed by atoms with Crippen LogP contribution in [-0.4, -0.2) is 31.3 Å². The molecule has 0 aliphatic heterocycles. The lowest BCUT2D eigenvalue weighted by Gasteiger charge is -2.41. The number of allylic oxidation sites excluding steroid dienone is 4. The molecule has 0 spiro atoms. The smallest absolute Gasteiger partial charge is 0.117 e. The fourth-order valence-corrected chi connectivity index (χ4v) is 13.1. The number of rotatable bonds is 5. The first-order valence-electron chi connectivity index (χ1n) is 10.7. The standard InChI is InChI=1S/C24H42OSi3/c1-18-16-21(26(6,7)8)23(25-5)22(17-18)27(9,10)19-14-13-15-20(19)28(11,12)24(2,3)4/h13,15-17H,14H2,1-12H3. The Balaban J connectivity index is 2.78. The highest BCUT2D eigenvalue weighted by Gasteiger charge is 2.44. The minimum atomic E-state index is -1.86. The minimum absolute atomic E-state index is 0.354. The van der Waals surface area contributed by atoms with Crippen molar-refractivity contribution in [3.8, 4) is 5.75 Å². The van der Waals surface area contributed by atoms with Crippen molar-refractivity contribution >= 4 is 34.6 Å². The lowest BCUT2D eigenvalue weighted by molar-refractivity contribution is 0.421. The zero-order valence-electron chi connectivity index (χ0n) is 20.4. The van der Waals surface area contributed by atoms with E-state index in [0.29, 0.717) is 5.04 Å². The molecule has 28 heavy (non-hydrogen) atoms. The molecule has 1 nitrogen and oxygen atoms in total. The Morgan fingerprint density at radius 2 is 1.43 bits per heavy atom. The molecule has 0 aromatic heterocycles. The Kier molecular flexibility index (Phi) is 6.23. The van der Waals surface area contributed by atoms with Gasteiger partial charge in [-0.05, 0) is 28.8 Å². The summed E-state index contributed by atoms with van der Waals surface area (Å²) < 4.78 is 6.13. The van der Waals surface area contributed by atoms with Crippen molar-refractivity contribution in [2.24, 2.45) is 0 Å². The van der Waals surface area contributed by atoms with Gasteiger partial charge in [-0.1, -0.05) is 107 Å². The maximum Gasteiger partial charge on any atom is 0.117 e. The third-order valence-corrected chi connectivity index (χ3v) is 18.7. The molecule has 0 amide bonds. The van der Waals surface area contributed by atoms with E-state index >= 15 is 0 Å². The molecule has 0 atom stereocenters. The summed E-state index contributed by atoms with van der Waals surface area (Å²) in [5.74, 6) is 1.19. The van der Waals surface area contributed by atoms with Crippen molar-refractivity contribution in [2.75, 3.05) is 7.11 Å². The van der Waals surface area contributed by atoms with Crippen molar-refractivity contribution in [1.29, 1.82) is 0 Å². The Labute approximate surface area is 177 Å². The number of hydrogen-bond donors (Lipinski definition) is 0.